The van der Waals surface area contributed by atoms with Gasteiger partial charge in [-0.15, -0.1) is 0 Å². The average Bonchev–Trinajstić information content (AvgIpc) is 2.89. The number of amides is 5. The molecule has 1 radical (unpaired) electrons. The van der Waals surface area contributed by atoms with E-state index in [4.69, 9.17) is 22.6 Å². The Bertz CT molecular complexity index is 930. The Balaban J connectivity index is 5.71. The number of nitrogens with one attached hydrogen (secondary N) is 6. The normalized spacial score (nSPS) is 14.6. The Kier molecular flexibility index (Phi) is 18.3. The van der Waals surface area contributed by atoms with Crippen LogP contribution >= 0.6 is 0 Å². The summed E-state index contributed by atoms with van der Waals surface area (Å²) in [5.74, 6) is -3.82. The zero-order valence-corrected chi connectivity index (χ0v) is 24.8. The molecule has 0 fully saturated rings. The quantitative estimate of drug-likeness (QED) is 0.0362. The van der Waals surface area contributed by atoms with Crippen molar-refractivity contribution in [3.8, 4) is 0 Å². The van der Waals surface area contributed by atoms with Gasteiger partial charge in [0.1, 0.15) is 24.2 Å². The Morgan fingerprint density at radius 3 is 1.69 bits per heavy atom. The molecule has 0 spiro atoms. The SMILES string of the molecule is CC(C)C[C@H](NC(=O)[C@H](CC(C)C)NC(=O)[C@H](CCC(N)=O)NC(=O)[C@@H](N)CCCNC(=N)N)C(=O)N[C@H]([C]=O)CO. The van der Waals surface area contributed by atoms with E-state index in [-0.39, 0.29) is 49.9 Å². The number of hydrogen-bond acceptors (Lipinski definition) is 9. The van der Waals surface area contributed by atoms with E-state index in [0.717, 1.165) is 0 Å². The first kappa shape index (κ1) is 38.2. The molecule has 0 aromatic rings. The summed E-state index contributed by atoms with van der Waals surface area (Å²) >= 11 is 0. The van der Waals surface area contributed by atoms with Crippen molar-refractivity contribution in [3.63, 3.8) is 0 Å². The molecule has 0 saturated carbocycles. The lowest BCUT2D eigenvalue weighted by molar-refractivity contribution is -0.134. The second-order valence-electron chi connectivity index (χ2n) is 10.9. The zero-order chi connectivity index (χ0) is 32.4. The third kappa shape index (κ3) is 16.5. The summed E-state index contributed by atoms with van der Waals surface area (Å²) in [6.45, 7) is 6.95. The maximum Gasteiger partial charge on any atom is 0.243 e. The average molecular weight is 599 g/mol. The molecule has 0 saturated heterocycles. The van der Waals surface area contributed by atoms with Gasteiger partial charge in [-0.25, -0.2) is 0 Å². The highest BCUT2D eigenvalue weighted by atomic mass is 16.3. The minimum atomic E-state index is -1.26. The molecule has 5 amide bonds. The fourth-order valence-electron chi connectivity index (χ4n) is 3.85. The number of hydrogen-bond donors (Lipinski definition) is 10. The van der Waals surface area contributed by atoms with Crippen LogP contribution in [0.4, 0.5) is 0 Å². The van der Waals surface area contributed by atoms with Gasteiger partial charge in [-0.1, -0.05) is 27.7 Å². The number of aliphatic hydroxyl groups is 1. The van der Waals surface area contributed by atoms with Crippen LogP contribution in [0.3, 0.4) is 0 Å². The van der Waals surface area contributed by atoms with E-state index in [1.807, 2.05) is 27.7 Å². The van der Waals surface area contributed by atoms with Crippen LogP contribution < -0.4 is 43.8 Å². The molecule has 239 valence electrons. The molecule has 0 bridgehead atoms. The summed E-state index contributed by atoms with van der Waals surface area (Å²) in [4.78, 5) is 74.4. The predicted octanol–water partition coefficient (Wildman–Crippen LogP) is -3.02. The fourth-order valence-corrected chi connectivity index (χ4v) is 3.85. The fraction of sp³-hybridized carbons (Fsp3) is 0.731. The standard InChI is InChI=1S/C26H48N9O7/c1-14(2)10-19(24(41)32-16(12-36)13-37)35-25(42)20(11-15(3)4)34-23(40)18(7-8-21(28)38)33-22(39)17(27)6-5-9-31-26(29)30/h14-20,36H,5-12,27H2,1-4H3,(H2,28,38)(H,32,41)(H,33,39)(H,34,40)(H,35,42)(H4,29,30,31)/t16-,17-,18-,19-,20-/m0/s1. The van der Waals surface area contributed by atoms with Gasteiger partial charge in [-0.05, 0) is 43.9 Å². The zero-order valence-electron chi connectivity index (χ0n) is 24.8. The van der Waals surface area contributed by atoms with Gasteiger partial charge in [0.15, 0.2) is 5.96 Å². The van der Waals surface area contributed by atoms with Crippen LogP contribution in [-0.4, -0.2) is 90.2 Å². The molecule has 0 aliphatic rings. The van der Waals surface area contributed by atoms with Crippen molar-refractivity contribution in [1.29, 1.82) is 5.41 Å². The van der Waals surface area contributed by atoms with E-state index in [1.165, 1.54) is 6.29 Å². The van der Waals surface area contributed by atoms with Crippen LogP contribution in [0.15, 0.2) is 0 Å². The molecule has 42 heavy (non-hydrogen) atoms. The molecule has 16 heteroatoms. The summed E-state index contributed by atoms with van der Waals surface area (Å²) in [5, 5.41) is 29.0. The van der Waals surface area contributed by atoms with Gasteiger partial charge in [0.25, 0.3) is 0 Å². The van der Waals surface area contributed by atoms with E-state index in [0.29, 0.717) is 13.0 Å². The highest BCUT2D eigenvalue weighted by molar-refractivity contribution is 5.95. The van der Waals surface area contributed by atoms with Crippen LogP contribution in [0.5, 0.6) is 0 Å². The molecule has 0 aromatic carbocycles. The van der Waals surface area contributed by atoms with E-state index in [9.17, 15) is 33.9 Å². The number of aliphatic hydroxyl groups excluding tert-OH is 1. The molecule has 0 aromatic heterocycles. The van der Waals surface area contributed by atoms with E-state index < -0.39 is 66.4 Å². The van der Waals surface area contributed by atoms with Crippen molar-refractivity contribution >= 4 is 41.8 Å². The lowest BCUT2D eigenvalue weighted by Crippen LogP contribution is -2.58. The molecule has 16 nitrogen and oxygen atoms in total. The maximum absolute atomic E-state index is 13.3. The smallest absolute Gasteiger partial charge is 0.243 e. The number of guanidine groups is 1. The Labute approximate surface area is 246 Å². The van der Waals surface area contributed by atoms with Crippen molar-refractivity contribution in [1.82, 2.24) is 26.6 Å². The first-order chi connectivity index (χ1) is 19.6. The second-order valence-corrected chi connectivity index (χ2v) is 10.9. The number of carbonyl (C=O) groups is 5. The van der Waals surface area contributed by atoms with Gasteiger partial charge in [0.05, 0.1) is 12.6 Å². The lowest BCUT2D eigenvalue weighted by atomic mass is 9.99. The molecule has 0 aliphatic heterocycles. The van der Waals surface area contributed by atoms with Gasteiger partial charge in [-0.2, -0.15) is 0 Å². The van der Waals surface area contributed by atoms with Gasteiger partial charge in [0, 0.05) is 13.0 Å². The van der Waals surface area contributed by atoms with Gasteiger partial charge >= 0.3 is 0 Å². The largest absolute Gasteiger partial charge is 0.394 e. The third-order valence-electron chi connectivity index (χ3n) is 5.98. The first-order valence-corrected chi connectivity index (χ1v) is 13.9. The highest BCUT2D eigenvalue weighted by Gasteiger charge is 2.31. The number of carbonyl (C=O) groups excluding carboxylic acids is 6. The first-order valence-electron chi connectivity index (χ1n) is 13.9. The second kappa shape index (κ2) is 20.1. The van der Waals surface area contributed by atoms with Crippen LogP contribution in [0, 0.1) is 17.2 Å². The summed E-state index contributed by atoms with van der Waals surface area (Å²) < 4.78 is 0. The number of rotatable bonds is 21. The molecular formula is C26H48N9O7. The molecule has 0 aliphatic carbocycles. The van der Waals surface area contributed by atoms with Crippen molar-refractivity contribution < 1.29 is 33.9 Å². The van der Waals surface area contributed by atoms with Gasteiger partial charge in [0.2, 0.25) is 35.8 Å². The molecule has 13 N–H and O–H groups in total. The highest BCUT2D eigenvalue weighted by Crippen LogP contribution is 2.10. The van der Waals surface area contributed by atoms with Crippen molar-refractivity contribution in [3.05, 3.63) is 0 Å². The molecular weight excluding hydrogens is 550 g/mol. The Hall–Kier alpha value is -3.79. The number of primary amides is 1. The molecule has 0 unspecified atom stereocenters. The van der Waals surface area contributed by atoms with E-state index in [2.05, 4.69) is 26.6 Å². The topological polar surface area (TPSA) is 285 Å². The van der Waals surface area contributed by atoms with Crippen molar-refractivity contribution in [2.24, 2.45) is 29.0 Å². The van der Waals surface area contributed by atoms with Crippen LogP contribution in [0.1, 0.15) is 66.2 Å². The molecule has 0 rings (SSSR count). The maximum atomic E-state index is 13.3. The molecule has 0 heterocycles. The van der Waals surface area contributed by atoms with E-state index in [1.54, 1.807) is 0 Å². The summed E-state index contributed by atoms with van der Waals surface area (Å²) in [7, 11) is 0. The minimum Gasteiger partial charge on any atom is -0.394 e. The lowest BCUT2D eigenvalue weighted by Gasteiger charge is -2.27. The summed E-state index contributed by atoms with van der Waals surface area (Å²) in [6, 6.07) is -5.70. The van der Waals surface area contributed by atoms with Crippen LogP contribution in [-0.2, 0) is 28.8 Å². The van der Waals surface area contributed by atoms with Gasteiger partial charge < -0.3 is 48.9 Å². The van der Waals surface area contributed by atoms with Crippen LogP contribution in [0.25, 0.3) is 0 Å². The van der Waals surface area contributed by atoms with Crippen LogP contribution in [0.2, 0.25) is 0 Å². The van der Waals surface area contributed by atoms with Crippen molar-refractivity contribution in [2.45, 2.75) is 96.4 Å². The van der Waals surface area contributed by atoms with E-state index >= 15 is 0 Å². The number of nitrogens with two attached hydrogens (primary N) is 3. The Morgan fingerprint density at radius 1 is 0.786 bits per heavy atom. The molecule has 5 atom stereocenters. The Morgan fingerprint density at radius 2 is 1.26 bits per heavy atom. The minimum absolute atomic E-state index is 0.0391. The van der Waals surface area contributed by atoms with Crippen molar-refractivity contribution in [2.75, 3.05) is 13.2 Å². The van der Waals surface area contributed by atoms with Gasteiger partial charge in [-0.3, -0.25) is 34.2 Å². The summed E-state index contributed by atoms with van der Waals surface area (Å²) in [6.07, 6.45) is 2.13. The predicted molar refractivity (Wildman–Crippen MR) is 155 cm³/mol. The monoisotopic (exact) mass is 598 g/mol. The summed E-state index contributed by atoms with van der Waals surface area (Å²) in [5.41, 5.74) is 16.4. The third-order valence-corrected chi connectivity index (χ3v) is 5.98.